The molecule has 0 amide bonds. The number of aromatic nitrogens is 3. The Labute approximate surface area is 180 Å². The Kier molecular flexibility index (Phi) is 5.83. The lowest BCUT2D eigenvalue weighted by molar-refractivity contribution is -1.02. The maximum absolute atomic E-state index is 5.44. The van der Waals surface area contributed by atoms with Crippen LogP contribution in [0.2, 0.25) is 0 Å². The van der Waals surface area contributed by atoms with Crippen molar-refractivity contribution in [1.82, 2.24) is 15.1 Å². The summed E-state index contributed by atoms with van der Waals surface area (Å²) < 4.78 is 6.74. The fraction of sp³-hybridized carbons (Fsp3) is 0.348. The summed E-state index contributed by atoms with van der Waals surface area (Å²) in [5.41, 5.74) is 2.14. The summed E-state index contributed by atoms with van der Waals surface area (Å²) in [4.78, 5) is 12.7. The summed E-state index contributed by atoms with van der Waals surface area (Å²) in [6.07, 6.45) is 1.94. The normalized spacial score (nSPS) is 19.3. The number of fused-ring (bicyclic) bond motifs is 1. The van der Waals surface area contributed by atoms with Crippen LogP contribution in [0.15, 0.2) is 59.1 Å². The van der Waals surface area contributed by atoms with Crippen molar-refractivity contribution in [2.24, 2.45) is 0 Å². The molecular formula is C23H27N5OS+2. The minimum Gasteiger partial charge on any atom is -0.339 e. The van der Waals surface area contributed by atoms with Crippen LogP contribution in [-0.2, 0) is 13.0 Å². The van der Waals surface area contributed by atoms with Gasteiger partial charge in [0.15, 0.2) is 0 Å². The maximum atomic E-state index is 5.44. The van der Waals surface area contributed by atoms with E-state index in [0.29, 0.717) is 5.82 Å². The van der Waals surface area contributed by atoms with Gasteiger partial charge in [-0.2, -0.15) is 4.98 Å². The van der Waals surface area contributed by atoms with Crippen LogP contribution in [0.25, 0.3) is 21.6 Å². The third kappa shape index (κ3) is 4.59. The van der Waals surface area contributed by atoms with E-state index < -0.39 is 0 Å². The Balaban J connectivity index is 1.06. The highest BCUT2D eigenvalue weighted by molar-refractivity contribution is 7.18. The fourth-order valence-corrected chi connectivity index (χ4v) is 5.18. The molecule has 0 radical (unpaired) electrons. The highest BCUT2D eigenvalue weighted by Crippen LogP contribution is 2.20. The Hall–Kier alpha value is -2.61. The van der Waals surface area contributed by atoms with Crippen molar-refractivity contribution in [3.05, 3.63) is 65.5 Å². The molecule has 0 bridgehead atoms. The highest BCUT2D eigenvalue weighted by atomic mass is 32.1. The molecule has 5 rings (SSSR count). The predicted octanol–water partition coefficient (Wildman–Crippen LogP) is 1.26. The number of rotatable bonds is 7. The molecule has 7 heteroatoms. The summed E-state index contributed by atoms with van der Waals surface area (Å²) in [7, 11) is 0. The van der Waals surface area contributed by atoms with Gasteiger partial charge in [0, 0.05) is 18.4 Å². The van der Waals surface area contributed by atoms with E-state index in [9.17, 15) is 0 Å². The van der Waals surface area contributed by atoms with Gasteiger partial charge in [0.1, 0.15) is 37.7 Å². The van der Waals surface area contributed by atoms with E-state index in [1.807, 2.05) is 41.7 Å². The van der Waals surface area contributed by atoms with E-state index in [1.165, 1.54) is 35.9 Å². The molecule has 4 aromatic rings. The monoisotopic (exact) mass is 421 g/mol. The first kappa shape index (κ1) is 19.4. The molecule has 2 N–H and O–H groups in total. The number of benzene rings is 2. The molecule has 1 fully saturated rings. The first-order valence-corrected chi connectivity index (χ1v) is 11.5. The van der Waals surface area contributed by atoms with Crippen LogP contribution in [0, 0.1) is 0 Å². The van der Waals surface area contributed by atoms with E-state index in [1.54, 1.807) is 9.80 Å². The summed E-state index contributed by atoms with van der Waals surface area (Å²) in [5, 5.41) is 5.38. The zero-order valence-corrected chi connectivity index (χ0v) is 17.8. The van der Waals surface area contributed by atoms with Crippen molar-refractivity contribution in [3.63, 3.8) is 0 Å². The predicted molar refractivity (Wildman–Crippen MR) is 118 cm³/mol. The molecule has 154 valence electrons. The Morgan fingerprint density at radius 1 is 0.867 bits per heavy atom. The average Bonchev–Trinajstić information content (AvgIpc) is 3.42. The van der Waals surface area contributed by atoms with E-state index in [-0.39, 0.29) is 0 Å². The fourth-order valence-electron chi connectivity index (χ4n) is 4.14. The lowest BCUT2D eigenvalue weighted by atomic mass is 10.2. The SMILES string of the molecule is c1ccc(-c2noc(CCC[NH+]3CC[NH+](Cc4nc5ccccc5s4)CC3)n2)cc1. The van der Waals surface area contributed by atoms with Crippen LogP contribution in [0.4, 0.5) is 0 Å². The molecule has 0 aliphatic carbocycles. The molecule has 6 nitrogen and oxygen atoms in total. The molecule has 1 saturated heterocycles. The number of aryl methyl sites for hydroxylation is 1. The minimum absolute atomic E-state index is 0.685. The smallest absolute Gasteiger partial charge is 0.227 e. The van der Waals surface area contributed by atoms with Crippen LogP contribution in [-0.4, -0.2) is 47.8 Å². The third-order valence-electron chi connectivity index (χ3n) is 5.82. The molecular weight excluding hydrogens is 394 g/mol. The average molecular weight is 422 g/mol. The van der Waals surface area contributed by atoms with Crippen LogP contribution >= 0.6 is 11.3 Å². The number of para-hydroxylation sites is 1. The summed E-state index contributed by atoms with van der Waals surface area (Å²) in [6.45, 7) is 7.08. The molecule has 0 saturated carbocycles. The van der Waals surface area contributed by atoms with Crippen molar-refractivity contribution < 1.29 is 14.3 Å². The third-order valence-corrected chi connectivity index (χ3v) is 6.86. The lowest BCUT2D eigenvalue weighted by Gasteiger charge is -2.29. The topological polar surface area (TPSA) is 60.7 Å². The van der Waals surface area contributed by atoms with E-state index >= 15 is 0 Å². The molecule has 2 aromatic carbocycles. The summed E-state index contributed by atoms with van der Waals surface area (Å²) in [5.74, 6) is 1.43. The number of hydrogen-bond acceptors (Lipinski definition) is 5. The van der Waals surface area contributed by atoms with Crippen LogP contribution in [0.5, 0.6) is 0 Å². The van der Waals surface area contributed by atoms with Gasteiger partial charge in [0.2, 0.25) is 11.7 Å². The van der Waals surface area contributed by atoms with Gasteiger partial charge in [0.25, 0.3) is 0 Å². The first-order valence-electron chi connectivity index (χ1n) is 10.7. The zero-order chi connectivity index (χ0) is 20.2. The van der Waals surface area contributed by atoms with Crippen LogP contribution < -0.4 is 9.80 Å². The molecule has 30 heavy (non-hydrogen) atoms. The second-order valence-corrected chi connectivity index (χ2v) is 9.10. The summed E-state index contributed by atoms with van der Waals surface area (Å²) >= 11 is 1.84. The van der Waals surface area contributed by atoms with Crippen LogP contribution in [0.1, 0.15) is 17.3 Å². The molecule has 1 aliphatic rings. The van der Waals surface area contributed by atoms with E-state index in [0.717, 1.165) is 42.9 Å². The number of quaternary nitrogens is 2. The standard InChI is InChI=1S/C23H25N5OS/c1-2-7-18(8-3-1)23-25-21(29-26-23)11-6-12-27-13-15-28(16-14-27)17-22-24-19-9-4-5-10-20(19)30-22/h1-5,7-10H,6,11-17H2/p+2. The van der Waals surface area contributed by atoms with Gasteiger partial charge in [-0.1, -0.05) is 47.6 Å². The van der Waals surface area contributed by atoms with Crippen molar-refractivity contribution >= 4 is 21.6 Å². The van der Waals surface area contributed by atoms with E-state index in [2.05, 4.69) is 34.4 Å². The number of hydrogen-bond donors (Lipinski definition) is 2. The van der Waals surface area contributed by atoms with Gasteiger partial charge < -0.3 is 14.3 Å². The van der Waals surface area contributed by atoms with E-state index in [4.69, 9.17) is 9.51 Å². The van der Waals surface area contributed by atoms with Crippen molar-refractivity contribution in [2.45, 2.75) is 19.4 Å². The number of piperazine rings is 1. The van der Waals surface area contributed by atoms with Gasteiger partial charge in [-0.25, -0.2) is 4.98 Å². The lowest BCUT2D eigenvalue weighted by Crippen LogP contribution is -3.27. The molecule has 0 spiro atoms. The van der Waals surface area contributed by atoms with Gasteiger partial charge in [0.05, 0.1) is 16.8 Å². The molecule has 0 unspecified atom stereocenters. The largest absolute Gasteiger partial charge is 0.339 e. The van der Waals surface area contributed by atoms with Crippen molar-refractivity contribution in [3.8, 4) is 11.4 Å². The molecule has 0 atom stereocenters. The van der Waals surface area contributed by atoms with Crippen molar-refractivity contribution in [2.75, 3.05) is 32.7 Å². The molecule has 2 aromatic heterocycles. The van der Waals surface area contributed by atoms with Gasteiger partial charge in [-0.15, -0.1) is 11.3 Å². The van der Waals surface area contributed by atoms with Crippen LogP contribution in [0.3, 0.4) is 0 Å². The Morgan fingerprint density at radius 2 is 1.63 bits per heavy atom. The molecule has 1 aliphatic heterocycles. The van der Waals surface area contributed by atoms with Gasteiger partial charge >= 0.3 is 0 Å². The minimum atomic E-state index is 0.685. The quantitative estimate of drug-likeness (QED) is 0.472. The Morgan fingerprint density at radius 3 is 2.47 bits per heavy atom. The second kappa shape index (κ2) is 9.04. The summed E-state index contributed by atoms with van der Waals surface area (Å²) in [6, 6.07) is 18.4. The number of thiazole rings is 1. The first-order chi connectivity index (χ1) is 14.8. The van der Waals surface area contributed by atoms with Gasteiger partial charge in [-0.05, 0) is 12.1 Å². The number of nitrogens with zero attached hydrogens (tertiary/aromatic N) is 3. The molecule has 3 heterocycles. The second-order valence-electron chi connectivity index (χ2n) is 7.98. The maximum Gasteiger partial charge on any atom is 0.227 e. The zero-order valence-electron chi connectivity index (χ0n) is 17.0. The van der Waals surface area contributed by atoms with Gasteiger partial charge in [-0.3, -0.25) is 0 Å². The number of nitrogens with one attached hydrogen (secondary N) is 2. The highest BCUT2D eigenvalue weighted by Gasteiger charge is 2.24. The Bertz CT molecular complexity index is 1050. The van der Waals surface area contributed by atoms with Crippen molar-refractivity contribution in [1.29, 1.82) is 0 Å².